The molecule has 3 aliphatic heterocycles. The summed E-state index contributed by atoms with van der Waals surface area (Å²) in [5.74, 6) is 0. The summed E-state index contributed by atoms with van der Waals surface area (Å²) in [5.41, 5.74) is 0. The number of ether oxygens (including phenoxy) is 8. The first kappa shape index (κ1) is 30.3. The molecule has 0 radical (unpaired) electrons. The maximum Gasteiger partial charge on any atom is 1.00 e. The molecule has 0 aliphatic carbocycles. The summed E-state index contributed by atoms with van der Waals surface area (Å²) in [7, 11) is 0. The molecule has 0 spiro atoms. The molecule has 0 amide bonds. The molecule has 0 N–H and O–H groups in total. The minimum atomic E-state index is 0. The summed E-state index contributed by atoms with van der Waals surface area (Å²) in [4.78, 5) is 0. The molecule has 0 unspecified atom stereocenters. The minimum Gasteiger partial charge on any atom is -0.381 e. The van der Waals surface area contributed by atoms with Crippen LogP contribution >= 0.6 is 0 Å². The standard InChI is InChI=1S/C12H24O6.2C4H8O.K/c1-2-14-5-6-16-9-10-18-12-11-17-8-7-15-4-3-13-1;2*1-2-4-5-3-1;/h1-12H2;2*1-4H2;/q;;;+1. The average molecular weight is 448 g/mol. The molecule has 0 atom stereocenters. The second kappa shape index (κ2) is 27.4. The van der Waals surface area contributed by atoms with Crippen LogP contribution in [0.5, 0.6) is 0 Å². The van der Waals surface area contributed by atoms with E-state index in [1.54, 1.807) is 0 Å². The molecular formula is C20H40KO8+. The Balaban J connectivity index is 0.000000575. The molecule has 0 aromatic carbocycles. The first-order valence-corrected chi connectivity index (χ1v) is 10.6. The second-order valence-electron chi connectivity index (χ2n) is 6.31. The first-order chi connectivity index (χ1) is 14.0. The molecule has 3 rings (SSSR count). The Bertz CT molecular complexity index is 191. The van der Waals surface area contributed by atoms with Gasteiger partial charge < -0.3 is 37.9 Å². The molecule has 9 heteroatoms. The van der Waals surface area contributed by atoms with Gasteiger partial charge in [0.05, 0.1) is 79.3 Å². The summed E-state index contributed by atoms with van der Waals surface area (Å²) in [5, 5.41) is 0. The van der Waals surface area contributed by atoms with E-state index >= 15 is 0 Å². The maximum atomic E-state index is 5.33. The Hall–Kier alpha value is 1.32. The van der Waals surface area contributed by atoms with E-state index in [-0.39, 0.29) is 51.4 Å². The van der Waals surface area contributed by atoms with Crippen molar-refractivity contribution in [2.75, 3.05) is 106 Å². The van der Waals surface area contributed by atoms with E-state index in [1.807, 2.05) is 0 Å². The van der Waals surface area contributed by atoms with Crippen LogP contribution < -0.4 is 51.4 Å². The zero-order valence-electron chi connectivity index (χ0n) is 18.4. The third kappa shape index (κ3) is 25.5. The average Bonchev–Trinajstić information content (AvgIpc) is 3.46. The van der Waals surface area contributed by atoms with Crippen LogP contribution in [0.4, 0.5) is 0 Å². The van der Waals surface area contributed by atoms with Gasteiger partial charge in [0, 0.05) is 26.4 Å². The number of hydrogen-bond acceptors (Lipinski definition) is 8. The maximum absolute atomic E-state index is 5.33. The van der Waals surface area contributed by atoms with Crippen molar-refractivity contribution in [1.82, 2.24) is 0 Å². The third-order valence-corrected chi connectivity index (χ3v) is 3.89. The topological polar surface area (TPSA) is 73.8 Å². The number of rotatable bonds is 0. The van der Waals surface area contributed by atoms with E-state index in [9.17, 15) is 0 Å². The minimum absolute atomic E-state index is 0. The van der Waals surface area contributed by atoms with Crippen LogP contribution in [0, 0.1) is 0 Å². The van der Waals surface area contributed by atoms with Crippen molar-refractivity contribution < 1.29 is 89.3 Å². The molecular weight excluding hydrogens is 407 g/mol. The fourth-order valence-corrected chi connectivity index (χ4v) is 2.34. The van der Waals surface area contributed by atoms with E-state index in [2.05, 4.69) is 0 Å². The molecule has 8 nitrogen and oxygen atoms in total. The van der Waals surface area contributed by atoms with Crippen LogP contribution in [0.1, 0.15) is 25.7 Å². The van der Waals surface area contributed by atoms with Crippen LogP contribution in [0.15, 0.2) is 0 Å². The van der Waals surface area contributed by atoms with Gasteiger partial charge >= 0.3 is 51.4 Å². The van der Waals surface area contributed by atoms with Crippen molar-refractivity contribution >= 4 is 0 Å². The molecule has 3 fully saturated rings. The molecule has 168 valence electrons. The van der Waals surface area contributed by atoms with Gasteiger partial charge in [-0.2, -0.15) is 0 Å². The van der Waals surface area contributed by atoms with Gasteiger partial charge in [0.1, 0.15) is 0 Å². The number of hydrogen-bond donors (Lipinski definition) is 0. The summed E-state index contributed by atoms with van der Waals surface area (Å²) < 4.78 is 41.9. The Morgan fingerprint density at radius 2 is 0.345 bits per heavy atom. The fourth-order valence-electron chi connectivity index (χ4n) is 2.34. The van der Waals surface area contributed by atoms with Crippen LogP contribution in [-0.2, 0) is 37.9 Å². The quantitative estimate of drug-likeness (QED) is 0.424. The Morgan fingerprint density at radius 1 is 0.207 bits per heavy atom. The van der Waals surface area contributed by atoms with Gasteiger partial charge in [-0.3, -0.25) is 0 Å². The van der Waals surface area contributed by atoms with Crippen molar-refractivity contribution in [1.29, 1.82) is 0 Å². The third-order valence-electron chi connectivity index (χ3n) is 3.89. The zero-order valence-corrected chi connectivity index (χ0v) is 21.5. The molecule has 3 heterocycles. The second-order valence-corrected chi connectivity index (χ2v) is 6.31. The summed E-state index contributed by atoms with van der Waals surface area (Å²) >= 11 is 0. The van der Waals surface area contributed by atoms with Crippen molar-refractivity contribution in [3.8, 4) is 0 Å². The van der Waals surface area contributed by atoms with Gasteiger partial charge in [-0.05, 0) is 25.7 Å². The summed E-state index contributed by atoms with van der Waals surface area (Å²) in [6, 6.07) is 0. The molecule has 29 heavy (non-hydrogen) atoms. The van der Waals surface area contributed by atoms with Gasteiger partial charge in [0.25, 0.3) is 0 Å². The Labute approximate surface area is 218 Å². The first-order valence-electron chi connectivity index (χ1n) is 10.6. The van der Waals surface area contributed by atoms with E-state index in [1.165, 1.54) is 25.7 Å². The van der Waals surface area contributed by atoms with Gasteiger partial charge in [0.15, 0.2) is 0 Å². The summed E-state index contributed by atoms with van der Waals surface area (Å²) in [6.45, 7) is 11.0. The van der Waals surface area contributed by atoms with Crippen LogP contribution in [0.2, 0.25) is 0 Å². The van der Waals surface area contributed by atoms with Crippen molar-refractivity contribution in [3.63, 3.8) is 0 Å². The summed E-state index contributed by atoms with van der Waals surface area (Å²) in [6.07, 6.45) is 5.11. The molecule has 0 aromatic heterocycles. The van der Waals surface area contributed by atoms with Crippen molar-refractivity contribution in [2.24, 2.45) is 0 Å². The monoisotopic (exact) mass is 447 g/mol. The molecule has 0 saturated carbocycles. The van der Waals surface area contributed by atoms with E-state index in [0.29, 0.717) is 79.3 Å². The van der Waals surface area contributed by atoms with Gasteiger partial charge in [-0.1, -0.05) is 0 Å². The van der Waals surface area contributed by atoms with Gasteiger partial charge in [0.2, 0.25) is 0 Å². The largest absolute Gasteiger partial charge is 1.00 e. The van der Waals surface area contributed by atoms with Crippen molar-refractivity contribution in [2.45, 2.75) is 25.7 Å². The van der Waals surface area contributed by atoms with Crippen LogP contribution in [-0.4, -0.2) is 106 Å². The smallest absolute Gasteiger partial charge is 0.381 e. The predicted molar refractivity (Wildman–Crippen MR) is 105 cm³/mol. The van der Waals surface area contributed by atoms with E-state index < -0.39 is 0 Å². The molecule has 3 aliphatic rings. The van der Waals surface area contributed by atoms with E-state index in [4.69, 9.17) is 37.9 Å². The fraction of sp³-hybridized carbons (Fsp3) is 1.00. The van der Waals surface area contributed by atoms with E-state index in [0.717, 1.165) is 26.4 Å². The van der Waals surface area contributed by atoms with Gasteiger partial charge in [-0.15, -0.1) is 0 Å². The van der Waals surface area contributed by atoms with Crippen molar-refractivity contribution in [3.05, 3.63) is 0 Å². The normalized spacial score (nSPS) is 23.2. The Kier molecular flexibility index (Phi) is 28.6. The molecule has 3 saturated heterocycles. The van der Waals surface area contributed by atoms with Crippen LogP contribution in [0.25, 0.3) is 0 Å². The molecule has 0 aromatic rings. The molecule has 0 bridgehead atoms. The SMILES string of the molecule is C1CCOC1.C1CCOC1.C1COCCOCCOCCOCCOCCO1.[K+]. The Morgan fingerprint density at radius 3 is 0.448 bits per heavy atom. The van der Waals surface area contributed by atoms with Gasteiger partial charge in [-0.25, -0.2) is 0 Å². The predicted octanol–water partition coefficient (Wildman–Crippen LogP) is -1.30. The zero-order chi connectivity index (χ0) is 19.8. The van der Waals surface area contributed by atoms with Crippen LogP contribution in [0.3, 0.4) is 0 Å².